The number of rotatable bonds is 4. The Kier molecular flexibility index (Phi) is 6.44. The van der Waals surface area contributed by atoms with E-state index in [9.17, 15) is 9.18 Å². The fourth-order valence-electron chi connectivity index (χ4n) is 4.92. The summed E-state index contributed by atoms with van der Waals surface area (Å²) >= 11 is 5.89. The molecule has 7 heteroatoms. The molecule has 1 aliphatic heterocycles. The molecule has 4 rings (SSSR count). The average Bonchev–Trinajstić information content (AvgIpc) is 3.14. The zero-order chi connectivity index (χ0) is 23.0. The third-order valence-electron chi connectivity index (χ3n) is 6.60. The number of aryl methyl sites for hydroxylation is 1. The van der Waals surface area contributed by atoms with Crippen LogP contribution in [0, 0.1) is 11.2 Å². The number of amides is 1. The van der Waals surface area contributed by atoms with Crippen molar-refractivity contribution in [3.8, 4) is 0 Å². The number of piperazine rings is 1. The van der Waals surface area contributed by atoms with Gasteiger partial charge in [0, 0.05) is 37.4 Å². The maximum absolute atomic E-state index is 14.2. The lowest BCUT2D eigenvalue weighted by Gasteiger charge is -2.38. The number of carbonyl (C=O) groups is 1. The van der Waals surface area contributed by atoms with E-state index in [0.29, 0.717) is 31.0 Å². The molecule has 32 heavy (non-hydrogen) atoms. The van der Waals surface area contributed by atoms with E-state index in [1.165, 1.54) is 11.6 Å². The maximum Gasteiger partial charge on any atom is 0.230 e. The van der Waals surface area contributed by atoms with Crippen molar-refractivity contribution in [2.75, 3.05) is 31.1 Å². The molecule has 0 N–H and O–H groups in total. The first kappa shape index (κ1) is 23.0. The van der Waals surface area contributed by atoms with Crippen molar-refractivity contribution in [2.45, 2.75) is 58.8 Å². The van der Waals surface area contributed by atoms with Gasteiger partial charge in [0.1, 0.15) is 18.0 Å². The summed E-state index contributed by atoms with van der Waals surface area (Å²) in [5, 5.41) is 0.0796. The van der Waals surface area contributed by atoms with Crippen molar-refractivity contribution in [1.82, 2.24) is 14.9 Å². The molecule has 1 amide bonds. The van der Waals surface area contributed by atoms with E-state index in [1.807, 2.05) is 4.90 Å². The van der Waals surface area contributed by atoms with Crippen molar-refractivity contribution in [1.29, 1.82) is 0 Å². The summed E-state index contributed by atoms with van der Waals surface area (Å²) in [7, 11) is 0. The number of halogens is 2. The molecule has 1 unspecified atom stereocenters. The predicted octanol–water partition coefficient (Wildman–Crippen LogP) is 5.19. The largest absolute Gasteiger partial charge is 0.353 e. The second-order valence-electron chi connectivity index (χ2n) is 10.3. The molecule has 1 aromatic carbocycles. The Morgan fingerprint density at radius 1 is 1.22 bits per heavy atom. The van der Waals surface area contributed by atoms with Gasteiger partial charge in [-0.1, -0.05) is 45.4 Å². The Morgan fingerprint density at radius 2 is 1.94 bits per heavy atom. The van der Waals surface area contributed by atoms with Gasteiger partial charge in [-0.15, -0.1) is 0 Å². The van der Waals surface area contributed by atoms with Crippen LogP contribution in [0.5, 0.6) is 0 Å². The minimum Gasteiger partial charge on any atom is -0.353 e. The Morgan fingerprint density at radius 3 is 2.59 bits per heavy atom. The van der Waals surface area contributed by atoms with E-state index in [0.717, 1.165) is 37.4 Å². The molecular formula is C25H32ClFN4O. The molecule has 5 nitrogen and oxygen atoms in total. The third kappa shape index (κ3) is 4.75. The molecule has 172 valence electrons. The van der Waals surface area contributed by atoms with Crippen LogP contribution in [0.1, 0.15) is 69.2 Å². The minimum absolute atomic E-state index is 0.0579. The number of anilines is 1. The minimum atomic E-state index is -0.479. The molecule has 1 aromatic heterocycles. The zero-order valence-corrected chi connectivity index (χ0v) is 20.1. The summed E-state index contributed by atoms with van der Waals surface area (Å²) in [5.74, 6) is 0.682. The zero-order valence-electron chi connectivity index (χ0n) is 19.4. The van der Waals surface area contributed by atoms with Gasteiger partial charge in [0.2, 0.25) is 5.91 Å². The number of nitrogens with zero attached hydrogens (tertiary/aromatic N) is 4. The third-order valence-corrected chi connectivity index (χ3v) is 6.91. The van der Waals surface area contributed by atoms with E-state index < -0.39 is 11.7 Å². The second-order valence-corrected chi connectivity index (χ2v) is 10.7. The smallest absolute Gasteiger partial charge is 0.230 e. The van der Waals surface area contributed by atoms with Gasteiger partial charge in [-0.2, -0.15) is 0 Å². The normalized spacial score (nSPS) is 19.8. The van der Waals surface area contributed by atoms with Crippen molar-refractivity contribution in [3.05, 3.63) is 52.2 Å². The summed E-state index contributed by atoms with van der Waals surface area (Å²) in [5.41, 5.74) is 3.05. The van der Waals surface area contributed by atoms with E-state index in [4.69, 9.17) is 11.6 Å². The lowest BCUT2D eigenvalue weighted by atomic mass is 9.80. The Labute approximate surface area is 195 Å². The molecule has 1 fully saturated rings. The van der Waals surface area contributed by atoms with Gasteiger partial charge in [0.15, 0.2) is 0 Å². The van der Waals surface area contributed by atoms with E-state index in [2.05, 4.69) is 42.6 Å². The highest BCUT2D eigenvalue weighted by molar-refractivity contribution is 6.30. The van der Waals surface area contributed by atoms with Gasteiger partial charge < -0.3 is 9.80 Å². The van der Waals surface area contributed by atoms with Gasteiger partial charge in [0.25, 0.3) is 0 Å². The molecule has 2 heterocycles. The Balaban J connectivity index is 1.51. The van der Waals surface area contributed by atoms with Crippen LogP contribution in [0.25, 0.3) is 0 Å². The standard InChI is InChI=1S/C25H32ClFN4O/c1-16-5-8-21-22(16)23(29-15-28-21)30-9-11-31(12-10-30)24(32)18(14-25(2,3)4)17-6-7-19(26)20(27)13-17/h6-7,13,15-16,18H,5,8-12,14H2,1-4H3/t16-,18?/m1/s1. The van der Waals surface area contributed by atoms with Crippen LogP contribution in [0.4, 0.5) is 10.2 Å². The van der Waals surface area contributed by atoms with Crippen LogP contribution >= 0.6 is 11.6 Å². The van der Waals surface area contributed by atoms with E-state index in [1.54, 1.807) is 18.5 Å². The summed E-state index contributed by atoms with van der Waals surface area (Å²) < 4.78 is 14.2. The number of aromatic nitrogens is 2. The first-order valence-electron chi connectivity index (χ1n) is 11.5. The number of hydrogen-bond donors (Lipinski definition) is 0. The lowest BCUT2D eigenvalue weighted by Crippen LogP contribution is -2.50. The Hall–Kier alpha value is -2.21. The van der Waals surface area contributed by atoms with Crippen molar-refractivity contribution < 1.29 is 9.18 Å². The molecule has 2 atom stereocenters. The van der Waals surface area contributed by atoms with Crippen LogP contribution in [0.3, 0.4) is 0 Å². The van der Waals surface area contributed by atoms with Crippen molar-refractivity contribution >= 4 is 23.3 Å². The highest BCUT2D eigenvalue weighted by Crippen LogP contribution is 2.38. The molecule has 2 aromatic rings. The first-order valence-corrected chi connectivity index (χ1v) is 11.8. The summed E-state index contributed by atoms with van der Waals surface area (Å²) in [6, 6.07) is 4.74. The second kappa shape index (κ2) is 8.97. The molecule has 2 aliphatic rings. The van der Waals surface area contributed by atoms with Gasteiger partial charge in [0.05, 0.1) is 10.9 Å². The van der Waals surface area contributed by atoms with Crippen LogP contribution in [0.2, 0.25) is 5.02 Å². The molecule has 0 saturated carbocycles. The van der Waals surface area contributed by atoms with Crippen LogP contribution in [0.15, 0.2) is 24.5 Å². The summed E-state index contributed by atoms with van der Waals surface area (Å²) in [4.78, 5) is 26.9. The number of fused-ring (bicyclic) bond motifs is 1. The van der Waals surface area contributed by atoms with Crippen molar-refractivity contribution in [3.63, 3.8) is 0 Å². The van der Waals surface area contributed by atoms with E-state index in [-0.39, 0.29) is 16.3 Å². The van der Waals surface area contributed by atoms with Gasteiger partial charge in [-0.05, 0) is 48.3 Å². The monoisotopic (exact) mass is 458 g/mol. The fourth-order valence-corrected chi connectivity index (χ4v) is 5.04. The van der Waals surface area contributed by atoms with Crippen LogP contribution in [-0.2, 0) is 11.2 Å². The first-order chi connectivity index (χ1) is 15.1. The number of carbonyl (C=O) groups excluding carboxylic acids is 1. The van der Waals surface area contributed by atoms with Crippen molar-refractivity contribution in [2.24, 2.45) is 5.41 Å². The molecule has 0 spiro atoms. The van der Waals surface area contributed by atoms with Gasteiger partial charge in [-0.3, -0.25) is 4.79 Å². The average molecular weight is 459 g/mol. The molecule has 1 saturated heterocycles. The van der Waals surface area contributed by atoms with Crippen LogP contribution in [-0.4, -0.2) is 47.0 Å². The van der Waals surface area contributed by atoms with Crippen LogP contribution < -0.4 is 4.90 Å². The number of benzene rings is 1. The predicted molar refractivity (Wildman–Crippen MR) is 126 cm³/mol. The fraction of sp³-hybridized carbons (Fsp3) is 0.560. The van der Waals surface area contributed by atoms with Gasteiger partial charge >= 0.3 is 0 Å². The lowest BCUT2D eigenvalue weighted by molar-refractivity contribution is -0.133. The van der Waals surface area contributed by atoms with Gasteiger partial charge in [-0.25, -0.2) is 14.4 Å². The molecule has 0 radical (unpaired) electrons. The molecule has 1 aliphatic carbocycles. The highest BCUT2D eigenvalue weighted by atomic mass is 35.5. The molecule has 0 bridgehead atoms. The quantitative estimate of drug-likeness (QED) is 0.632. The SMILES string of the molecule is C[C@@H]1CCc2ncnc(N3CCN(C(=O)C(CC(C)(C)C)c4ccc(Cl)c(F)c4)CC3)c21. The highest BCUT2D eigenvalue weighted by Gasteiger charge is 2.34. The Bertz CT molecular complexity index is 998. The molecular weight excluding hydrogens is 427 g/mol. The maximum atomic E-state index is 14.2. The summed E-state index contributed by atoms with van der Waals surface area (Å²) in [6.07, 6.45) is 4.43. The topological polar surface area (TPSA) is 49.3 Å². The summed E-state index contributed by atoms with van der Waals surface area (Å²) in [6.45, 7) is 11.3. The van der Waals surface area contributed by atoms with E-state index >= 15 is 0 Å². The number of hydrogen-bond acceptors (Lipinski definition) is 4.